The molecule has 6 heteroatoms. The summed E-state index contributed by atoms with van der Waals surface area (Å²) in [6.45, 7) is 4.30. The van der Waals surface area contributed by atoms with E-state index in [1.54, 1.807) is 38.5 Å². The molecule has 0 saturated carbocycles. The van der Waals surface area contributed by atoms with Crippen molar-refractivity contribution in [2.75, 3.05) is 39.2 Å². The Morgan fingerprint density at radius 1 is 1.15 bits per heavy atom. The average Bonchev–Trinajstić information content (AvgIpc) is 2.69. The van der Waals surface area contributed by atoms with Crippen LogP contribution in [0.3, 0.4) is 0 Å². The summed E-state index contributed by atoms with van der Waals surface area (Å²) in [5.41, 5.74) is 3.43. The van der Waals surface area contributed by atoms with Crippen LogP contribution in [0.1, 0.15) is 24.1 Å². The number of nitrogens with one attached hydrogen (secondary N) is 2. The second kappa shape index (κ2) is 8.50. The van der Waals surface area contributed by atoms with Crippen molar-refractivity contribution in [1.29, 1.82) is 0 Å². The average molecular weight is 373 g/mol. The number of ether oxygens (including phenoxy) is 2. The number of aliphatic hydroxyl groups excluding tert-OH is 1. The van der Waals surface area contributed by atoms with Crippen LogP contribution in [0.25, 0.3) is 0 Å². The zero-order chi connectivity index (χ0) is 19.4. The molecule has 0 saturated heterocycles. The molecule has 2 aromatic carbocycles. The van der Waals surface area contributed by atoms with Crippen LogP contribution in [0.4, 0.5) is 5.69 Å². The van der Waals surface area contributed by atoms with Gasteiger partial charge in [0.05, 0.1) is 20.8 Å². The normalized spacial score (nSPS) is 19.9. The number of quaternary nitrogens is 1. The standard InChI is InChI=1S/C21H28N2O4/c1-14-19-11-21(27-3)20(26-2)10-15(19)8-9-23(14)13-18(25)12-22-16-4-6-17(24)7-5-16/h4-7,10-11,14,18,22,24-25H,8-9,12-13H2,1-3H3/p+1/t14-,18+/m0/s1. The molecule has 146 valence electrons. The van der Waals surface area contributed by atoms with Crippen molar-refractivity contribution in [2.24, 2.45) is 0 Å². The van der Waals surface area contributed by atoms with Crippen LogP contribution in [-0.2, 0) is 6.42 Å². The third kappa shape index (κ3) is 4.46. The molecule has 27 heavy (non-hydrogen) atoms. The molecule has 1 unspecified atom stereocenters. The van der Waals surface area contributed by atoms with E-state index in [2.05, 4.69) is 24.4 Å². The third-order valence-electron chi connectivity index (χ3n) is 5.35. The number of anilines is 1. The second-order valence-corrected chi connectivity index (χ2v) is 7.07. The fourth-order valence-corrected chi connectivity index (χ4v) is 3.76. The molecule has 0 fully saturated rings. The molecular weight excluding hydrogens is 344 g/mol. The van der Waals surface area contributed by atoms with Gasteiger partial charge in [0.2, 0.25) is 0 Å². The van der Waals surface area contributed by atoms with Gasteiger partial charge in [0.1, 0.15) is 24.4 Å². The first kappa shape index (κ1) is 19.3. The van der Waals surface area contributed by atoms with E-state index in [-0.39, 0.29) is 11.8 Å². The lowest BCUT2D eigenvalue weighted by molar-refractivity contribution is -0.934. The number of fused-ring (bicyclic) bond motifs is 1. The summed E-state index contributed by atoms with van der Waals surface area (Å²) in [5.74, 6) is 1.75. The van der Waals surface area contributed by atoms with Gasteiger partial charge < -0.3 is 29.9 Å². The molecule has 4 N–H and O–H groups in total. The van der Waals surface area contributed by atoms with Crippen LogP contribution < -0.4 is 19.7 Å². The minimum atomic E-state index is -0.460. The second-order valence-electron chi connectivity index (χ2n) is 7.07. The predicted molar refractivity (Wildman–Crippen MR) is 105 cm³/mol. The molecule has 1 aliphatic heterocycles. The maximum absolute atomic E-state index is 10.5. The lowest BCUT2D eigenvalue weighted by Crippen LogP contribution is -3.14. The zero-order valence-electron chi connectivity index (χ0n) is 16.2. The molecule has 0 amide bonds. The first-order chi connectivity index (χ1) is 13.0. The minimum Gasteiger partial charge on any atom is -0.508 e. The van der Waals surface area contributed by atoms with Gasteiger partial charge in [-0.15, -0.1) is 0 Å². The molecule has 0 aliphatic carbocycles. The maximum Gasteiger partial charge on any atom is 0.161 e. The van der Waals surface area contributed by atoms with Crippen molar-refractivity contribution in [1.82, 2.24) is 0 Å². The molecule has 0 spiro atoms. The summed E-state index contributed by atoms with van der Waals surface area (Å²) in [7, 11) is 3.31. The van der Waals surface area contributed by atoms with E-state index in [1.165, 1.54) is 16.0 Å². The summed E-state index contributed by atoms with van der Waals surface area (Å²) in [6.07, 6.45) is 0.492. The summed E-state index contributed by atoms with van der Waals surface area (Å²) in [4.78, 5) is 1.36. The van der Waals surface area contributed by atoms with Crippen molar-refractivity contribution >= 4 is 5.69 Å². The number of phenols is 1. The Bertz CT molecular complexity index is 764. The van der Waals surface area contributed by atoms with E-state index < -0.39 is 6.10 Å². The van der Waals surface area contributed by atoms with E-state index in [0.29, 0.717) is 13.1 Å². The Morgan fingerprint density at radius 3 is 2.48 bits per heavy atom. The maximum atomic E-state index is 10.5. The Morgan fingerprint density at radius 2 is 1.81 bits per heavy atom. The van der Waals surface area contributed by atoms with Gasteiger partial charge in [-0.3, -0.25) is 0 Å². The van der Waals surface area contributed by atoms with Gasteiger partial charge in [-0.25, -0.2) is 0 Å². The van der Waals surface area contributed by atoms with Crippen LogP contribution in [0.2, 0.25) is 0 Å². The van der Waals surface area contributed by atoms with Crippen molar-refractivity contribution in [3.8, 4) is 17.2 Å². The number of hydrogen-bond acceptors (Lipinski definition) is 5. The van der Waals surface area contributed by atoms with E-state index in [9.17, 15) is 10.2 Å². The van der Waals surface area contributed by atoms with Crippen LogP contribution >= 0.6 is 0 Å². The Balaban J connectivity index is 1.62. The van der Waals surface area contributed by atoms with Gasteiger partial charge in [-0.05, 0) is 48.9 Å². The fraction of sp³-hybridized carbons (Fsp3) is 0.429. The van der Waals surface area contributed by atoms with Gasteiger partial charge in [-0.2, -0.15) is 0 Å². The van der Waals surface area contributed by atoms with Crippen LogP contribution in [0.15, 0.2) is 36.4 Å². The molecule has 6 nitrogen and oxygen atoms in total. The van der Waals surface area contributed by atoms with E-state index in [0.717, 1.165) is 30.2 Å². The molecule has 0 bridgehead atoms. The van der Waals surface area contributed by atoms with Gasteiger partial charge in [0, 0.05) is 24.2 Å². The number of aliphatic hydroxyl groups is 1. The van der Waals surface area contributed by atoms with E-state index in [4.69, 9.17) is 9.47 Å². The van der Waals surface area contributed by atoms with E-state index >= 15 is 0 Å². The van der Waals surface area contributed by atoms with Crippen molar-refractivity contribution in [3.05, 3.63) is 47.5 Å². The van der Waals surface area contributed by atoms with Gasteiger partial charge in [0.15, 0.2) is 11.5 Å². The predicted octanol–water partition coefficient (Wildman–Crippen LogP) is 1.38. The zero-order valence-corrected chi connectivity index (χ0v) is 16.2. The first-order valence-corrected chi connectivity index (χ1v) is 9.32. The lowest BCUT2D eigenvalue weighted by atomic mass is 9.92. The summed E-state index contributed by atoms with van der Waals surface area (Å²) in [5, 5.41) is 23.0. The summed E-state index contributed by atoms with van der Waals surface area (Å²) in [6, 6.07) is 11.3. The highest BCUT2D eigenvalue weighted by molar-refractivity contribution is 5.48. The first-order valence-electron chi connectivity index (χ1n) is 9.32. The van der Waals surface area contributed by atoms with Crippen molar-refractivity contribution in [2.45, 2.75) is 25.5 Å². The van der Waals surface area contributed by atoms with E-state index in [1.807, 2.05) is 0 Å². The fourth-order valence-electron chi connectivity index (χ4n) is 3.76. The Labute approximate surface area is 160 Å². The molecule has 2 aromatic rings. The Kier molecular flexibility index (Phi) is 6.08. The Hall–Kier alpha value is -2.44. The highest BCUT2D eigenvalue weighted by atomic mass is 16.5. The molecule has 1 aliphatic rings. The molecular formula is C21H29N2O4+. The minimum absolute atomic E-state index is 0.235. The quantitative estimate of drug-likeness (QED) is 0.552. The number of aromatic hydroxyl groups is 1. The van der Waals surface area contributed by atoms with Crippen LogP contribution in [-0.4, -0.2) is 50.2 Å². The number of rotatable bonds is 7. The number of phenolic OH excluding ortho intramolecular Hbond substituents is 1. The SMILES string of the molecule is COc1cc2c(cc1OC)[C@H](C)[NH+](C[C@H](O)CNc1ccc(O)cc1)CC2. The smallest absolute Gasteiger partial charge is 0.161 e. The largest absolute Gasteiger partial charge is 0.508 e. The molecule has 1 heterocycles. The number of hydrogen-bond donors (Lipinski definition) is 4. The van der Waals surface area contributed by atoms with Crippen LogP contribution in [0, 0.1) is 0 Å². The molecule has 3 atom stereocenters. The van der Waals surface area contributed by atoms with Crippen molar-refractivity contribution < 1.29 is 24.6 Å². The third-order valence-corrected chi connectivity index (χ3v) is 5.35. The highest BCUT2D eigenvalue weighted by Gasteiger charge is 2.30. The summed E-state index contributed by atoms with van der Waals surface area (Å²) >= 11 is 0. The summed E-state index contributed by atoms with van der Waals surface area (Å²) < 4.78 is 10.9. The van der Waals surface area contributed by atoms with Gasteiger partial charge in [-0.1, -0.05) is 0 Å². The van der Waals surface area contributed by atoms with Gasteiger partial charge in [0.25, 0.3) is 0 Å². The highest BCUT2D eigenvalue weighted by Crippen LogP contribution is 2.33. The number of benzene rings is 2. The monoisotopic (exact) mass is 373 g/mol. The molecule has 3 rings (SSSR count). The lowest BCUT2D eigenvalue weighted by Gasteiger charge is -2.34. The van der Waals surface area contributed by atoms with Crippen molar-refractivity contribution in [3.63, 3.8) is 0 Å². The number of methoxy groups -OCH3 is 2. The van der Waals surface area contributed by atoms with Gasteiger partial charge >= 0.3 is 0 Å². The molecule has 0 aromatic heterocycles. The molecule has 0 radical (unpaired) electrons. The van der Waals surface area contributed by atoms with Crippen LogP contribution in [0.5, 0.6) is 17.2 Å². The topological polar surface area (TPSA) is 75.4 Å².